The van der Waals surface area contributed by atoms with Gasteiger partial charge in [0.2, 0.25) is 5.13 Å². The zero-order valence-corrected chi connectivity index (χ0v) is 21.1. The highest BCUT2D eigenvalue weighted by atomic mass is 32.2. The number of thioether (sulfide) groups is 1. The highest BCUT2D eigenvalue weighted by molar-refractivity contribution is 8.01. The molecule has 0 saturated heterocycles. The van der Waals surface area contributed by atoms with E-state index in [1.807, 2.05) is 33.8 Å². The van der Waals surface area contributed by atoms with Crippen LogP contribution < -0.4 is 14.4 Å². The van der Waals surface area contributed by atoms with Crippen LogP contribution in [0.1, 0.15) is 25.0 Å². The molecule has 0 spiro atoms. The van der Waals surface area contributed by atoms with Crippen molar-refractivity contribution in [3.8, 4) is 5.75 Å². The van der Waals surface area contributed by atoms with Crippen molar-refractivity contribution < 1.29 is 17.9 Å². The molecule has 1 aliphatic heterocycles. The maximum absolute atomic E-state index is 13.5. The second-order valence-corrected chi connectivity index (χ2v) is 12.6. The number of aryl methyl sites for hydroxylation is 2. The lowest BCUT2D eigenvalue weighted by atomic mass is 10.1. The number of rotatable bonds is 6. The molecule has 1 amide bonds. The Labute approximate surface area is 201 Å². The van der Waals surface area contributed by atoms with Gasteiger partial charge in [-0.25, -0.2) is 8.42 Å². The van der Waals surface area contributed by atoms with Gasteiger partial charge in [0, 0.05) is 5.25 Å². The molecule has 11 heteroatoms. The van der Waals surface area contributed by atoms with Gasteiger partial charge in [0.05, 0.1) is 17.1 Å². The van der Waals surface area contributed by atoms with Crippen molar-refractivity contribution in [1.82, 2.24) is 10.2 Å². The fraction of sp³-hybridized carbons (Fsp3) is 0.318. The fourth-order valence-corrected chi connectivity index (χ4v) is 6.70. The predicted molar refractivity (Wildman–Crippen MR) is 131 cm³/mol. The van der Waals surface area contributed by atoms with Crippen molar-refractivity contribution in [3.63, 3.8) is 0 Å². The molecule has 1 N–H and O–H groups in total. The van der Waals surface area contributed by atoms with Crippen LogP contribution in [0.4, 0.5) is 10.8 Å². The summed E-state index contributed by atoms with van der Waals surface area (Å²) in [5.74, 6) is -0.154. The molecule has 33 heavy (non-hydrogen) atoms. The first-order valence-corrected chi connectivity index (χ1v) is 13.4. The van der Waals surface area contributed by atoms with Gasteiger partial charge in [-0.15, -0.1) is 10.2 Å². The first kappa shape index (κ1) is 23.5. The van der Waals surface area contributed by atoms with Crippen LogP contribution in [0.2, 0.25) is 0 Å². The zero-order valence-electron chi connectivity index (χ0n) is 18.6. The Morgan fingerprint density at radius 2 is 1.85 bits per heavy atom. The Balaban J connectivity index is 1.63. The van der Waals surface area contributed by atoms with Crippen LogP contribution in [0.3, 0.4) is 0 Å². The molecule has 0 aliphatic carbocycles. The summed E-state index contributed by atoms with van der Waals surface area (Å²) in [5.41, 5.74) is 2.25. The molecule has 2 heterocycles. The van der Waals surface area contributed by atoms with E-state index in [4.69, 9.17) is 4.74 Å². The number of fused-ring (bicyclic) bond motifs is 1. The minimum Gasteiger partial charge on any atom is -0.476 e. The summed E-state index contributed by atoms with van der Waals surface area (Å²) in [6, 6.07) is 11.9. The number of nitrogens with zero attached hydrogens (tertiary/aromatic N) is 3. The van der Waals surface area contributed by atoms with Crippen LogP contribution in [0.15, 0.2) is 51.7 Å². The standard InChI is InChI=1S/C22H24N4O4S3/c1-13(2)31-22-25-24-21(32-22)23-20(27)19-12-26(17-11-15(4)7-10-18(17)30-19)33(28,29)16-8-5-14(3)6-9-16/h5-11,13,19H,12H2,1-4H3,(H,23,24,27)/t19-/m0/s1. The quantitative estimate of drug-likeness (QED) is 0.395. The minimum atomic E-state index is -3.91. The summed E-state index contributed by atoms with van der Waals surface area (Å²) in [6.07, 6.45) is -1.05. The predicted octanol–water partition coefficient (Wildman–Crippen LogP) is 4.25. The van der Waals surface area contributed by atoms with Gasteiger partial charge in [-0.3, -0.25) is 14.4 Å². The molecule has 8 nitrogen and oxygen atoms in total. The van der Waals surface area contributed by atoms with Gasteiger partial charge in [0.15, 0.2) is 10.4 Å². The first-order valence-electron chi connectivity index (χ1n) is 10.3. The van der Waals surface area contributed by atoms with Crippen molar-refractivity contribution >= 4 is 49.8 Å². The second kappa shape index (κ2) is 9.32. The van der Waals surface area contributed by atoms with Crippen molar-refractivity contribution in [2.24, 2.45) is 0 Å². The fourth-order valence-electron chi connectivity index (χ4n) is 3.26. The SMILES string of the molecule is Cc1ccc(S(=O)(=O)N2C[C@@H](C(=O)Nc3nnc(SC(C)C)s3)Oc3ccc(C)cc32)cc1. The number of aromatic nitrogens is 2. The molecule has 4 rings (SSSR count). The number of hydrogen-bond donors (Lipinski definition) is 1. The average Bonchev–Trinajstić information content (AvgIpc) is 3.19. The maximum atomic E-state index is 13.5. The molecular formula is C22H24N4O4S3. The first-order chi connectivity index (χ1) is 15.6. The smallest absolute Gasteiger partial charge is 0.269 e. The van der Waals surface area contributed by atoms with E-state index in [1.165, 1.54) is 15.6 Å². The molecule has 0 saturated carbocycles. The van der Waals surface area contributed by atoms with E-state index >= 15 is 0 Å². The van der Waals surface area contributed by atoms with E-state index in [0.29, 0.717) is 21.8 Å². The lowest BCUT2D eigenvalue weighted by molar-refractivity contribution is -0.122. The summed E-state index contributed by atoms with van der Waals surface area (Å²) in [4.78, 5) is 13.2. The Hall–Kier alpha value is -2.63. The van der Waals surface area contributed by atoms with Crippen LogP contribution >= 0.6 is 23.1 Å². The maximum Gasteiger partial charge on any atom is 0.269 e. The van der Waals surface area contributed by atoms with Crippen LogP contribution in [0.5, 0.6) is 5.75 Å². The van der Waals surface area contributed by atoms with E-state index in [-0.39, 0.29) is 11.4 Å². The monoisotopic (exact) mass is 504 g/mol. The Kier molecular flexibility index (Phi) is 6.64. The molecule has 0 radical (unpaired) electrons. The van der Waals surface area contributed by atoms with Gasteiger partial charge < -0.3 is 4.74 Å². The van der Waals surface area contributed by atoms with Crippen molar-refractivity contribution in [2.45, 2.75) is 48.3 Å². The molecule has 2 aromatic carbocycles. The summed E-state index contributed by atoms with van der Waals surface area (Å²) < 4.78 is 34.9. The lowest BCUT2D eigenvalue weighted by Gasteiger charge is -2.34. The minimum absolute atomic E-state index is 0.154. The summed E-state index contributed by atoms with van der Waals surface area (Å²) in [5, 5.41) is 11.5. The summed E-state index contributed by atoms with van der Waals surface area (Å²) in [6.45, 7) is 7.69. The largest absolute Gasteiger partial charge is 0.476 e. The number of carbonyl (C=O) groups excluding carboxylic acids is 1. The summed E-state index contributed by atoms with van der Waals surface area (Å²) >= 11 is 2.82. The van der Waals surface area contributed by atoms with E-state index in [2.05, 4.69) is 15.5 Å². The molecule has 0 fully saturated rings. The van der Waals surface area contributed by atoms with E-state index < -0.39 is 22.0 Å². The molecule has 0 unspecified atom stereocenters. The number of benzene rings is 2. The van der Waals surface area contributed by atoms with Crippen molar-refractivity contribution in [1.29, 1.82) is 0 Å². The second-order valence-electron chi connectivity index (χ2n) is 7.96. The number of hydrogen-bond acceptors (Lipinski definition) is 8. The molecule has 3 aromatic rings. The molecular weight excluding hydrogens is 480 g/mol. The Morgan fingerprint density at radius 1 is 1.15 bits per heavy atom. The van der Waals surface area contributed by atoms with Gasteiger partial charge in [0.25, 0.3) is 15.9 Å². The van der Waals surface area contributed by atoms with Crippen LogP contribution in [-0.4, -0.2) is 42.4 Å². The number of ether oxygens (including phenoxy) is 1. The van der Waals surface area contributed by atoms with Crippen LogP contribution in [0, 0.1) is 13.8 Å². The third-order valence-corrected chi connectivity index (χ3v) is 8.58. The van der Waals surface area contributed by atoms with E-state index in [1.54, 1.807) is 48.2 Å². The average molecular weight is 505 g/mol. The van der Waals surface area contributed by atoms with Gasteiger partial charge in [-0.1, -0.05) is 60.7 Å². The summed E-state index contributed by atoms with van der Waals surface area (Å²) in [7, 11) is -3.91. The lowest BCUT2D eigenvalue weighted by Crippen LogP contribution is -2.48. The number of sulfonamides is 1. The highest BCUT2D eigenvalue weighted by Gasteiger charge is 2.38. The van der Waals surface area contributed by atoms with E-state index in [0.717, 1.165) is 15.5 Å². The number of anilines is 2. The third-order valence-electron chi connectivity index (χ3n) is 4.86. The van der Waals surface area contributed by atoms with Crippen LogP contribution in [0.25, 0.3) is 0 Å². The normalized spacial score (nSPS) is 15.8. The topological polar surface area (TPSA) is 101 Å². The molecule has 0 bridgehead atoms. The van der Waals surface area contributed by atoms with Crippen molar-refractivity contribution in [2.75, 3.05) is 16.2 Å². The van der Waals surface area contributed by atoms with Gasteiger partial charge >= 0.3 is 0 Å². The van der Waals surface area contributed by atoms with Gasteiger partial charge in [0.1, 0.15) is 5.75 Å². The third kappa shape index (κ3) is 5.15. The highest BCUT2D eigenvalue weighted by Crippen LogP contribution is 2.38. The van der Waals surface area contributed by atoms with Crippen LogP contribution in [-0.2, 0) is 14.8 Å². The Bertz CT molecular complexity index is 1270. The number of amides is 1. The van der Waals surface area contributed by atoms with E-state index in [9.17, 15) is 13.2 Å². The number of nitrogens with one attached hydrogen (secondary N) is 1. The molecule has 1 atom stereocenters. The van der Waals surface area contributed by atoms with Crippen molar-refractivity contribution in [3.05, 3.63) is 53.6 Å². The molecule has 1 aliphatic rings. The zero-order chi connectivity index (χ0) is 23.8. The molecule has 1 aromatic heterocycles. The van der Waals surface area contributed by atoms with Gasteiger partial charge in [-0.2, -0.15) is 0 Å². The molecule has 174 valence electrons. The van der Waals surface area contributed by atoms with Gasteiger partial charge in [-0.05, 0) is 43.7 Å². The number of carbonyl (C=O) groups is 1. The Morgan fingerprint density at radius 3 is 2.55 bits per heavy atom.